The van der Waals surface area contributed by atoms with E-state index in [-0.39, 0.29) is 29.6 Å². The Labute approximate surface area is 181 Å². The minimum atomic E-state index is -3.70. The normalized spacial score (nSPS) is 20.7. The predicted octanol–water partition coefficient (Wildman–Crippen LogP) is 1.69. The van der Waals surface area contributed by atoms with Crippen molar-refractivity contribution in [1.29, 1.82) is 0 Å². The molecule has 3 aromatic rings. The number of hydrogen-bond acceptors (Lipinski definition) is 6. The Morgan fingerprint density at radius 1 is 1.13 bits per heavy atom. The summed E-state index contributed by atoms with van der Waals surface area (Å²) >= 11 is 0. The number of nitrogens with one attached hydrogen (secondary N) is 1. The third kappa shape index (κ3) is 4.32. The molecule has 10 heteroatoms. The number of anilines is 1. The lowest BCUT2D eigenvalue weighted by Crippen LogP contribution is -2.59. The third-order valence-electron chi connectivity index (χ3n) is 5.42. The van der Waals surface area contributed by atoms with Crippen LogP contribution >= 0.6 is 0 Å². The Kier molecular flexibility index (Phi) is 5.78. The first-order chi connectivity index (χ1) is 14.8. The van der Waals surface area contributed by atoms with E-state index in [0.29, 0.717) is 18.8 Å². The molecule has 1 aliphatic heterocycles. The van der Waals surface area contributed by atoms with Crippen LogP contribution in [0.25, 0.3) is 10.9 Å². The van der Waals surface area contributed by atoms with Crippen molar-refractivity contribution in [1.82, 2.24) is 23.7 Å². The predicted molar refractivity (Wildman–Crippen MR) is 118 cm³/mol. The number of sulfonamides is 1. The lowest BCUT2D eigenvalue weighted by molar-refractivity contribution is -0.118. The average molecular weight is 443 g/mol. The molecule has 164 valence electrons. The minimum Gasteiger partial charge on any atom is -0.339 e. The van der Waals surface area contributed by atoms with E-state index in [9.17, 15) is 13.2 Å². The van der Waals surface area contributed by atoms with Gasteiger partial charge in [0, 0.05) is 50.0 Å². The van der Waals surface area contributed by atoms with Crippen LogP contribution in [0, 0.1) is 0 Å². The van der Waals surface area contributed by atoms with Crippen molar-refractivity contribution >= 4 is 32.5 Å². The maximum atomic E-state index is 13.1. The molecule has 2 aromatic heterocycles. The van der Waals surface area contributed by atoms with Crippen LogP contribution in [-0.2, 0) is 21.9 Å². The zero-order valence-electron chi connectivity index (χ0n) is 17.8. The SMILES string of the molecule is CC1CN(CC(=O)Nc2cccc3ncccc23)CC(C)N1S(=O)(=O)c1cn(C)cn1. The van der Waals surface area contributed by atoms with Gasteiger partial charge in [-0.1, -0.05) is 6.07 Å². The summed E-state index contributed by atoms with van der Waals surface area (Å²) in [6, 6.07) is 8.79. The third-order valence-corrected chi connectivity index (χ3v) is 7.44. The fourth-order valence-electron chi connectivity index (χ4n) is 4.26. The van der Waals surface area contributed by atoms with E-state index in [1.54, 1.807) is 17.8 Å². The van der Waals surface area contributed by atoms with Gasteiger partial charge in [0.25, 0.3) is 10.0 Å². The Bertz CT molecular complexity index is 1190. The quantitative estimate of drug-likeness (QED) is 0.645. The molecule has 0 spiro atoms. The monoisotopic (exact) mass is 442 g/mol. The van der Waals surface area contributed by atoms with Gasteiger partial charge >= 0.3 is 0 Å². The Morgan fingerprint density at radius 3 is 2.55 bits per heavy atom. The largest absolute Gasteiger partial charge is 0.339 e. The number of imidazole rings is 1. The number of hydrogen-bond donors (Lipinski definition) is 1. The van der Waals surface area contributed by atoms with Crippen LogP contribution in [0.3, 0.4) is 0 Å². The van der Waals surface area contributed by atoms with Gasteiger partial charge in [-0.15, -0.1) is 0 Å². The molecule has 2 atom stereocenters. The van der Waals surface area contributed by atoms with Crippen LogP contribution in [0.15, 0.2) is 54.1 Å². The zero-order valence-corrected chi connectivity index (χ0v) is 18.6. The summed E-state index contributed by atoms with van der Waals surface area (Å²) in [5.41, 5.74) is 1.53. The molecule has 1 amide bonds. The van der Waals surface area contributed by atoms with Gasteiger partial charge in [0.15, 0.2) is 5.03 Å². The lowest BCUT2D eigenvalue weighted by atomic mass is 10.1. The number of carbonyl (C=O) groups excluding carboxylic acids is 1. The number of carbonyl (C=O) groups is 1. The molecule has 1 aromatic carbocycles. The Hall–Kier alpha value is -2.82. The van der Waals surface area contributed by atoms with Crippen LogP contribution in [0.4, 0.5) is 5.69 Å². The summed E-state index contributed by atoms with van der Waals surface area (Å²) in [7, 11) is -1.96. The van der Waals surface area contributed by atoms with E-state index < -0.39 is 10.0 Å². The molecule has 1 aliphatic rings. The summed E-state index contributed by atoms with van der Waals surface area (Å²) in [6.07, 6.45) is 4.70. The standard InChI is InChI=1S/C21H26N6O3S/c1-15-10-26(11-16(2)27(15)31(29,30)21-13-25(3)14-23-21)12-20(28)24-19-8-4-7-18-17(19)6-5-9-22-18/h4-9,13-16H,10-12H2,1-3H3,(H,24,28). The summed E-state index contributed by atoms with van der Waals surface area (Å²) in [5, 5.41) is 3.89. The molecule has 0 saturated carbocycles. The highest BCUT2D eigenvalue weighted by molar-refractivity contribution is 7.89. The molecule has 1 fully saturated rings. The number of pyridine rings is 1. The second-order valence-corrected chi connectivity index (χ2v) is 9.82. The molecule has 31 heavy (non-hydrogen) atoms. The lowest BCUT2D eigenvalue weighted by Gasteiger charge is -2.42. The van der Waals surface area contributed by atoms with Gasteiger partial charge in [0.1, 0.15) is 0 Å². The van der Waals surface area contributed by atoms with Gasteiger partial charge in [0.2, 0.25) is 5.91 Å². The number of piperazine rings is 1. The fraction of sp³-hybridized carbons (Fsp3) is 0.381. The topological polar surface area (TPSA) is 100 Å². The van der Waals surface area contributed by atoms with Gasteiger partial charge in [0.05, 0.1) is 24.1 Å². The zero-order chi connectivity index (χ0) is 22.2. The van der Waals surface area contributed by atoms with Crippen LogP contribution in [0.5, 0.6) is 0 Å². The van der Waals surface area contributed by atoms with Gasteiger partial charge in [-0.25, -0.2) is 13.4 Å². The van der Waals surface area contributed by atoms with E-state index in [2.05, 4.69) is 15.3 Å². The van der Waals surface area contributed by atoms with Crippen molar-refractivity contribution in [2.75, 3.05) is 25.0 Å². The second kappa shape index (κ2) is 8.37. The maximum Gasteiger partial charge on any atom is 0.262 e. The molecule has 1 N–H and O–H groups in total. The molecule has 4 rings (SSSR count). The highest BCUT2D eigenvalue weighted by Crippen LogP contribution is 2.25. The van der Waals surface area contributed by atoms with Crippen LogP contribution in [0.1, 0.15) is 13.8 Å². The molecule has 2 unspecified atom stereocenters. The van der Waals surface area contributed by atoms with Gasteiger partial charge < -0.3 is 9.88 Å². The number of fused-ring (bicyclic) bond motifs is 1. The molecule has 1 saturated heterocycles. The Balaban J connectivity index is 1.44. The van der Waals surface area contributed by atoms with Crippen molar-refractivity contribution in [2.45, 2.75) is 31.0 Å². The number of rotatable bonds is 5. The Morgan fingerprint density at radius 2 is 1.87 bits per heavy atom. The van der Waals surface area contributed by atoms with E-state index in [1.165, 1.54) is 16.8 Å². The number of nitrogens with zero attached hydrogens (tertiary/aromatic N) is 5. The maximum absolute atomic E-state index is 13.1. The van der Waals surface area contributed by atoms with Crippen LogP contribution < -0.4 is 5.32 Å². The number of aryl methyl sites for hydroxylation is 1. The van der Waals surface area contributed by atoms with Gasteiger partial charge in [-0.05, 0) is 38.1 Å². The van der Waals surface area contributed by atoms with Gasteiger partial charge in [-0.3, -0.25) is 14.7 Å². The molecular formula is C21H26N6O3S. The summed E-state index contributed by atoms with van der Waals surface area (Å²) in [6.45, 7) is 4.82. The number of amides is 1. The molecule has 3 heterocycles. The highest BCUT2D eigenvalue weighted by Gasteiger charge is 2.39. The first kappa shape index (κ1) is 21.4. The average Bonchev–Trinajstić information content (AvgIpc) is 3.15. The van der Waals surface area contributed by atoms with Crippen molar-refractivity contribution < 1.29 is 13.2 Å². The smallest absolute Gasteiger partial charge is 0.262 e. The van der Waals surface area contributed by atoms with Crippen LogP contribution in [-0.4, -0.2) is 69.8 Å². The summed E-state index contributed by atoms with van der Waals surface area (Å²) in [4.78, 5) is 23.0. The first-order valence-corrected chi connectivity index (χ1v) is 11.6. The van der Waals surface area contributed by atoms with Crippen molar-refractivity contribution in [3.05, 3.63) is 49.1 Å². The molecule has 0 bridgehead atoms. The second-order valence-electron chi connectivity index (χ2n) is 8.03. The van der Waals surface area contributed by atoms with Crippen LogP contribution in [0.2, 0.25) is 0 Å². The van der Waals surface area contributed by atoms with E-state index in [0.717, 1.165) is 10.9 Å². The van der Waals surface area contributed by atoms with Gasteiger partial charge in [-0.2, -0.15) is 4.31 Å². The van der Waals surface area contributed by atoms with Crippen molar-refractivity contribution in [3.63, 3.8) is 0 Å². The fourth-order valence-corrected chi connectivity index (χ4v) is 6.03. The van der Waals surface area contributed by atoms with Crippen molar-refractivity contribution in [2.24, 2.45) is 7.05 Å². The molecule has 0 radical (unpaired) electrons. The molecular weight excluding hydrogens is 416 g/mol. The summed E-state index contributed by atoms with van der Waals surface area (Å²) in [5.74, 6) is -0.142. The van der Waals surface area contributed by atoms with Crippen molar-refractivity contribution in [3.8, 4) is 0 Å². The van der Waals surface area contributed by atoms with E-state index >= 15 is 0 Å². The number of benzene rings is 1. The minimum absolute atomic E-state index is 0.0458. The number of aromatic nitrogens is 3. The van der Waals surface area contributed by atoms with E-state index in [4.69, 9.17) is 0 Å². The highest BCUT2D eigenvalue weighted by atomic mass is 32.2. The summed E-state index contributed by atoms with van der Waals surface area (Å²) < 4.78 is 29.2. The molecule has 0 aliphatic carbocycles. The molecule has 9 nitrogen and oxygen atoms in total. The first-order valence-electron chi connectivity index (χ1n) is 10.1. The van der Waals surface area contributed by atoms with E-state index in [1.807, 2.05) is 49.1 Å².